The Bertz CT molecular complexity index is 1160. The van der Waals surface area contributed by atoms with E-state index in [-0.39, 0.29) is 11.7 Å². The van der Waals surface area contributed by atoms with Crippen molar-refractivity contribution in [2.24, 2.45) is 0 Å². The van der Waals surface area contributed by atoms with Crippen molar-refractivity contribution in [2.75, 3.05) is 11.1 Å². The fourth-order valence-corrected chi connectivity index (χ4v) is 4.43. The zero-order valence-electron chi connectivity index (χ0n) is 16.9. The predicted molar refractivity (Wildman–Crippen MR) is 122 cm³/mol. The monoisotopic (exact) mass is 435 g/mol. The van der Waals surface area contributed by atoms with E-state index in [1.807, 2.05) is 60.2 Å². The number of hydrogen-bond donors (Lipinski definition) is 1. The molecule has 0 radical (unpaired) electrons. The van der Waals surface area contributed by atoms with E-state index in [0.717, 1.165) is 22.8 Å². The zero-order chi connectivity index (χ0) is 21.1. The second kappa shape index (κ2) is 8.81. The largest absolute Gasteiger partial charge is 0.301 e. The topological polar surface area (TPSA) is 72.7 Å². The molecule has 0 aliphatic heterocycles. The minimum Gasteiger partial charge on any atom is -0.301 e. The van der Waals surface area contributed by atoms with Gasteiger partial charge >= 0.3 is 0 Å². The van der Waals surface area contributed by atoms with Crippen molar-refractivity contribution in [3.05, 3.63) is 70.9 Å². The van der Waals surface area contributed by atoms with E-state index < -0.39 is 0 Å². The van der Waals surface area contributed by atoms with E-state index in [4.69, 9.17) is 0 Å². The summed E-state index contributed by atoms with van der Waals surface area (Å²) in [5, 5.41) is 14.5. The Labute approximate surface area is 183 Å². The van der Waals surface area contributed by atoms with E-state index in [2.05, 4.69) is 39.6 Å². The molecule has 0 saturated carbocycles. The number of carbonyl (C=O) groups is 1. The SMILES string of the molecule is Cc1ccc(-c2csc(NC(=O)CSc3nnc(C)n3-c3ccc(C)cc3)n2)cc1. The van der Waals surface area contributed by atoms with Gasteiger partial charge in [-0.05, 0) is 32.9 Å². The minimum atomic E-state index is -0.124. The Hall–Kier alpha value is -2.97. The molecule has 0 fully saturated rings. The third kappa shape index (κ3) is 4.60. The van der Waals surface area contributed by atoms with Gasteiger partial charge in [0.05, 0.1) is 11.4 Å². The van der Waals surface area contributed by atoms with Crippen LogP contribution in [0.4, 0.5) is 5.13 Å². The maximum atomic E-state index is 12.5. The van der Waals surface area contributed by atoms with Crippen LogP contribution in [0.25, 0.3) is 16.9 Å². The molecule has 0 bridgehead atoms. The van der Waals surface area contributed by atoms with Gasteiger partial charge in [-0.25, -0.2) is 4.98 Å². The average molecular weight is 436 g/mol. The molecule has 0 spiro atoms. The number of carbonyl (C=O) groups excluding carboxylic acids is 1. The number of thioether (sulfide) groups is 1. The molecule has 0 saturated heterocycles. The molecule has 8 heteroatoms. The molecule has 0 unspecified atom stereocenters. The van der Waals surface area contributed by atoms with Crippen LogP contribution in [0.2, 0.25) is 0 Å². The molecule has 2 aromatic heterocycles. The molecule has 1 amide bonds. The molecule has 4 rings (SSSR count). The molecule has 1 N–H and O–H groups in total. The molecule has 0 aliphatic carbocycles. The van der Waals surface area contributed by atoms with Crippen molar-refractivity contribution in [1.29, 1.82) is 0 Å². The number of anilines is 1. The van der Waals surface area contributed by atoms with Crippen molar-refractivity contribution >= 4 is 34.1 Å². The molecule has 6 nitrogen and oxygen atoms in total. The first-order valence-corrected chi connectivity index (χ1v) is 11.3. The van der Waals surface area contributed by atoms with Crippen LogP contribution in [0.3, 0.4) is 0 Å². The van der Waals surface area contributed by atoms with Gasteiger partial charge in [-0.2, -0.15) is 0 Å². The van der Waals surface area contributed by atoms with Crippen LogP contribution in [-0.2, 0) is 4.79 Å². The highest BCUT2D eigenvalue weighted by Gasteiger charge is 2.14. The Morgan fingerprint density at radius 1 is 1.00 bits per heavy atom. The Balaban J connectivity index is 1.40. The average Bonchev–Trinajstić information content (AvgIpc) is 3.34. The Kier molecular flexibility index (Phi) is 5.96. The van der Waals surface area contributed by atoms with Gasteiger partial charge in [-0.1, -0.05) is 59.3 Å². The number of rotatable bonds is 6. The number of nitrogens with zero attached hydrogens (tertiary/aromatic N) is 4. The van der Waals surface area contributed by atoms with Crippen LogP contribution in [0, 0.1) is 20.8 Å². The first-order chi connectivity index (χ1) is 14.5. The lowest BCUT2D eigenvalue weighted by molar-refractivity contribution is -0.113. The van der Waals surface area contributed by atoms with E-state index >= 15 is 0 Å². The summed E-state index contributed by atoms with van der Waals surface area (Å²) in [5.74, 6) is 0.883. The summed E-state index contributed by atoms with van der Waals surface area (Å²) < 4.78 is 1.95. The smallest absolute Gasteiger partial charge is 0.236 e. The van der Waals surface area contributed by atoms with Crippen LogP contribution < -0.4 is 5.32 Å². The first-order valence-electron chi connectivity index (χ1n) is 9.44. The van der Waals surface area contributed by atoms with Gasteiger partial charge in [-0.3, -0.25) is 9.36 Å². The summed E-state index contributed by atoms with van der Waals surface area (Å²) in [6, 6.07) is 16.3. The van der Waals surface area contributed by atoms with Crippen LogP contribution in [0.15, 0.2) is 59.1 Å². The summed E-state index contributed by atoms with van der Waals surface area (Å²) in [7, 11) is 0. The van der Waals surface area contributed by atoms with Crippen molar-refractivity contribution < 1.29 is 4.79 Å². The van der Waals surface area contributed by atoms with Gasteiger partial charge in [0.25, 0.3) is 0 Å². The lowest BCUT2D eigenvalue weighted by atomic mass is 10.1. The van der Waals surface area contributed by atoms with Crippen molar-refractivity contribution in [3.8, 4) is 16.9 Å². The van der Waals surface area contributed by atoms with Gasteiger partial charge < -0.3 is 5.32 Å². The lowest BCUT2D eigenvalue weighted by Crippen LogP contribution is -2.14. The second-order valence-electron chi connectivity index (χ2n) is 6.94. The molecule has 2 heterocycles. The fourth-order valence-electron chi connectivity index (χ4n) is 2.90. The molecule has 0 aliphatic rings. The standard InChI is InChI=1S/C22H21N5OS2/c1-14-4-8-17(9-5-14)19-12-29-21(23-19)24-20(28)13-30-22-26-25-16(3)27(22)18-10-6-15(2)7-11-18/h4-12H,13H2,1-3H3,(H,23,24,28). The molecule has 2 aromatic carbocycles. The maximum Gasteiger partial charge on any atom is 0.236 e. The number of amides is 1. The second-order valence-corrected chi connectivity index (χ2v) is 8.74. The molecular formula is C22H21N5OS2. The Morgan fingerprint density at radius 2 is 1.67 bits per heavy atom. The van der Waals surface area contributed by atoms with Gasteiger partial charge in [0.2, 0.25) is 5.91 Å². The van der Waals surface area contributed by atoms with Gasteiger partial charge in [0.15, 0.2) is 10.3 Å². The van der Waals surface area contributed by atoms with Gasteiger partial charge in [-0.15, -0.1) is 21.5 Å². The van der Waals surface area contributed by atoms with Crippen molar-refractivity contribution in [2.45, 2.75) is 25.9 Å². The number of nitrogens with one attached hydrogen (secondary N) is 1. The number of aryl methyl sites for hydroxylation is 3. The van der Waals surface area contributed by atoms with E-state index in [9.17, 15) is 4.79 Å². The quantitative estimate of drug-likeness (QED) is 0.429. The number of benzene rings is 2. The summed E-state index contributed by atoms with van der Waals surface area (Å²) in [5.41, 5.74) is 5.26. The Morgan fingerprint density at radius 3 is 2.37 bits per heavy atom. The molecule has 4 aromatic rings. The minimum absolute atomic E-state index is 0.124. The van der Waals surface area contributed by atoms with Crippen molar-refractivity contribution in [1.82, 2.24) is 19.7 Å². The lowest BCUT2D eigenvalue weighted by Gasteiger charge is -2.08. The predicted octanol–water partition coefficient (Wildman–Crippen LogP) is 5.05. The van der Waals surface area contributed by atoms with Crippen LogP contribution >= 0.6 is 23.1 Å². The summed E-state index contributed by atoms with van der Waals surface area (Å²) >= 11 is 2.77. The number of thiazole rings is 1. The van der Waals surface area contributed by atoms with Crippen LogP contribution in [-0.4, -0.2) is 31.4 Å². The highest BCUT2D eigenvalue weighted by molar-refractivity contribution is 7.99. The van der Waals surface area contributed by atoms with E-state index in [1.165, 1.54) is 34.2 Å². The third-order valence-corrected chi connectivity index (χ3v) is 6.20. The highest BCUT2D eigenvalue weighted by atomic mass is 32.2. The fraction of sp³-hybridized carbons (Fsp3) is 0.182. The third-order valence-electron chi connectivity index (χ3n) is 4.52. The number of hydrogen-bond acceptors (Lipinski definition) is 6. The maximum absolute atomic E-state index is 12.5. The van der Waals surface area contributed by atoms with Gasteiger partial charge in [0, 0.05) is 16.6 Å². The molecule has 152 valence electrons. The van der Waals surface area contributed by atoms with Gasteiger partial charge in [0.1, 0.15) is 5.82 Å². The molecule has 0 atom stereocenters. The zero-order valence-corrected chi connectivity index (χ0v) is 18.5. The normalized spacial score (nSPS) is 10.9. The summed E-state index contributed by atoms with van der Waals surface area (Å²) in [6.07, 6.45) is 0. The number of aromatic nitrogens is 4. The molecule has 30 heavy (non-hydrogen) atoms. The van der Waals surface area contributed by atoms with Crippen LogP contribution in [0.5, 0.6) is 0 Å². The molecular weight excluding hydrogens is 414 g/mol. The first kappa shape index (κ1) is 20.3. The van der Waals surface area contributed by atoms with E-state index in [1.54, 1.807) is 0 Å². The van der Waals surface area contributed by atoms with E-state index in [0.29, 0.717) is 10.3 Å². The van der Waals surface area contributed by atoms with Crippen molar-refractivity contribution in [3.63, 3.8) is 0 Å². The summed E-state index contributed by atoms with van der Waals surface area (Å²) in [4.78, 5) is 17.0. The highest BCUT2D eigenvalue weighted by Crippen LogP contribution is 2.26. The van der Waals surface area contributed by atoms with Crippen LogP contribution in [0.1, 0.15) is 17.0 Å². The summed E-state index contributed by atoms with van der Waals surface area (Å²) in [6.45, 7) is 6.00.